The third kappa shape index (κ3) is 3.74. The van der Waals surface area contributed by atoms with Crippen LogP contribution < -0.4 is 10.1 Å². The van der Waals surface area contributed by atoms with Crippen molar-refractivity contribution < 1.29 is 22.7 Å². The average Bonchev–Trinajstić information content (AvgIpc) is 3.16. The van der Waals surface area contributed by atoms with Crippen molar-refractivity contribution in [3.63, 3.8) is 0 Å². The molecule has 31 heavy (non-hydrogen) atoms. The minimum atomic E-state index is -4.20. The van der Waals surface area contributed by atoms with E-state index in [1.54, 1.807) is 13.0 Å². The summed E-state index contributed by atoms with van der Waals surface area (Å²) in [6.45, 7) is 1.72. The van der Waals surface area contributed by atoms with Gasteiger partial charge in [0, 0.05) is 17.5 Å². The third-order valence-electron chi connectivity index (χ3n) is 5.43. The Balaban J connectivity index is 1.66. The zero-order chi connectivity index (χ0) is 22.2. The van der Waals surface area contributed by atoms with E-state index < -0.39 is 27.9 Å². The first-order valence-corrected chi connectivity index (χ1v) is 11.3. The standard InChI is InChI=1S/C23H22N2O5S/c1-15-14-17(10-12-21(15)30-2)31(28,29)25-20(11-13-22(25)26)23(27)24-19-9-5-7-16-6-3-4-8-18(16)19/h3-10,12,14,20H,11,13H2,1-2H3,(H,24,27)/t20-/m1/s1. The number of carbonyl (C=O) groups is 2. The maximum atomic E-state index is 13.3. The molecule has 7 nitrogen and oxygen atoms in total. The molecule has 1 aliphatic rings. The van der Waals surface area contributed by atoms with Crippen molar-refractivity contribution in [2.24, 2.45) is 0 Å². The van der Waals surface area contributed by atoms with Gasteiger partial charge in [-0.05, 0) is 48.6 Å². The summed E-state index contributed by atoms with van der Waals surface area (Å²) < 4.78 is 32.4. The predicted octanol–water partition coefficient (Wildman–Crippen LogP) is 3.48. The number of fused-ring (bicyclic) bond motifs is 1. The van der Waals surface area contributed by atoms with Crippen molar-refractivity contribution in [3.8, 4) is 5.75 Å². The molecule has 1 aliphatic heterocycles. The van der Waals surface area contributed by atoms with E-state index in [4.69, 9.17) is 4.74 Å². The van der Waals surface area contributed by atoms with Crippen LogP contribution in [0.4, 0.5) is 5.69 Å². The number of methoxy groups -OCH3 is 1. The van der Waals surface area contributed by atoms with Crippen molar-refractivity contribution in [1.29, 1.82) is 0 Å². The molecule has 1 N–H and O–H groups in total. The highest BCUT2D eigenvalue weighted by Gasteiger charge is 2.44. The Hall–Kier alpha value is -3.39. The lowest BCUT2D eigenvalue weighted by Gasteiger charge is -2.24. The molecule has 0 saturated carbocycles. The minimum absolute atomic E-state index is 0.0119. The fourth-order valence-corrected chi connectivity index (χ4v) is 5.56. The van der Waals surface area contributed by atoms with Gasteiger partial charge < -0.3 is 10.1 Å². The third-order valence-corrected chi connectivity index (χ3v) is 7.26. The molecule has 0 aliphatic carbocycles. The molecule has 0 bridgehead atoms. The molecule has 2 amide bonds. The van der Waals surface area contributed by atoms with Crippen LogP contribution in [0.15, 0.2) is 65.6 Å². The lowest BCUT2D eigenvalue weighted by atomic mass is 10.1. The number of nitrogens with one attached hydrogen (secondary N) is 1. The van der Waals surface area contributed by atoms with Gasteiger partial charge in [-0.2, -0.15) is 0 Å². The number of nitrogens with zero attached hydrogens (tertiary/aromatic N) is 1. The number of benzene rings is 3. The Morgan fingerprint density at radius 1 is 1.10 bits per heavy atom. The van der Waals surface area contributed by atoms with Crippen molar-refractivity contribution in [2.75, 3.05) is 12.4 Å². The smallest absolute Gasteiger partial charge is 0.267 e. The summed E-state index contributed by atoms with van der Waals surface area (Å²) in [6, 6.07) is 16.3. The topological polar surface area (TPSA) is 92.8 Å². The second-order valence-corrected chi connectivity index (χ2v) is 9.21. The van der Waals surface area contributed by atoms with Crippen molar-refractivity contribution in [3.05, 3.63) is 66.2 Å². The molecule has 3 aromatic rings. The summed E-state index contributed by atoms with van der Waals surface area (Å²) >= 11 is 0. The highest BCUT2D eigenvalue weighted by molar-refractivity contribution is 7.89. The summed E-state index contributed by atoms with van der Waals surface area (Å²) in [5.74, 6) is -0.584. The van der Waals surface area contributed by atoms with E-state index in [0.29, 0.717) is 21.3 Å². The molecule has 8 heteroatoms. The molecule has 3 aromatic carbocycles. The Labute approximate surface area is 180 Å². The molecule has 0 aromatic heterocycles. The van der Waals surface area contributed by atoms with Gasteiger partial charge >= 0.3 is 0 Å². The van der Waals surface area contributed by atoms with Gasteiger partial charge in [0.1, 0.15) is 11.8 Å². The van der Waals surface area contributed by atoms with Gasteiger partial charge in [0.05, 0.1) is 12.0 Å². The van der Waals surface area contributed by atoms with Gasteiger partial charge in [-0.3, -0.25) is 9.59 Å². The lowest BCUT2D eigenvalue weighted by molar-refractivity contribution is -0.128. The molecule has 0 radical (unpaired) electrons. The number of hydrogen-bond donors (Lipinski definition) is 1. The van der Waals surface area contributed by atoms with Crippen LogP contribution in [-0.4, -0.2) is 37.7 Å². The quantitative estimate of drug-likeness (QED) is 0.658. The number of anilines is 1. The fourth-order valence-electron chi connectivity index (χ4n) is 3.88. The van der Waals surface area contributed by atoms with E-state index in [9.17, 15) is 18.0 Å². The van der Waals surface area contributed by atoms with Crippen LogP contribution in [0.25, 0.3) is 10.8 Å². The van der Waals surface area contributed by atoms with Crippen LogP contribution in [0.1, 0.15) is 18.4 Å². The zero-order valence-corrected chi connectivity index (χ0v) is 18.0. The maximum absolute atomic E-state index is 13.3. The van der Waals surface area contributed by atoms with E-state index in [1.165, 1.54) is 25.3 Å². The largest absolute Gasteiger partial charge is 0.496 e. The van der Waals surface area contributed by atoms with Crippen molar-refractivity contribution in [1.82, 2.24) is 4.31 Å². The first-order chi connectivity index (χ1) is 14.8. The fraction of sp³-hybridized carbons (Fsp3) is 0.217. The Kier molecular flexibility index (Phi) is 5.41. The summed E-state index contributed by atoms with van der Waals surface area (Å²) in [4.78, 5) is 25.5. The summed E-state index contributed by atoms with van der Waals surface area (Å²) in [7, 11) is -2.70. The molecule has 4 rings (SSSR count). The Morgan fingerprint density at radius 3 is 2.58 bits per heavy atom. The number of hydrogen-bond acceptors (Lipinski definition) is 5. The number of rotatable bonds is 5. The summed E-state index contributed by atoms with van der Waals surface area (Å²) in [6.07, 6.45) is 0.117. The van der Waals surface area contributed by atoms with Crippen LogP contribution in [-0.2, 0) is 19.6 Å². The number of carbonyl (C=O) groups excluding carboxylic acids is 2. The van der Waals surface area contributed by atoms with Crippen molar-refractivity contribution >= 4 is 38.3 Å². The van der Waals surface area contributed by atoms with Gasteiger partial charge in [-0.25, -0.2) is 12.7 Å². The molecule has 1 fully saturated rings. The van der Waals surface area contributed by atoms with Gasteiger partial charge in [0.25, 0.3) is 10.0 Å². The Morgan fingerprint density at radius 2 is 1.84 bits per heavy atom. The highest BCUT2D eigenvalue weighted by atomic mass is 32.2. The molecule has 0 unspecified atom stereocenters. The molecule has 1 heterocycles. The summed E-state index contributed by atoms with van der Waals surface area (Å²) in [5, 5.41) is 4.59. The van der Waals surface area contributed by atoms with Crippen LogP contribution in [0, 0.1) is 6.92 Å². The van der Waals surface area contributed by atoms with E-state index in [2.05, 4.69) is 5.32 Å². The van der Waals surface area contributed by atoms with Crippen LogP contribution in [0.5, 0.6) is 5.75 Å². The number of aryl methyl sites for hydroxylation is 1. The van der Waals surface area contributed by atoms with Gasteiger partial charge in [-0.15, -0.1) is 0 Å². The number of amides is 2. The first-order valence-electron chi connectivity index (χ1n) is 9.83. The van der Waals surface area contributed by atoms with E-state index >= 15 is 0 Å². The number of sulfonamides is 1. The maximum Gasteiger partial charge on any atom is 0.267 e. The molecule has 1 saturated heterocycles. The monoisotopic (exact) mass is 438 g/mol. The normalized spacial score (nSPS) is 16.5. The van der Waals surface area contributed by atoms with Gasteiger partial charge in [-0.1, -0.05) is 36.4 Å². The highest BCUT2D eigenvalue weighted by Crippen LogP contribution is 2.31. The second-order valence-electron chi connectivity index (χ2n) is 7.40. The predicted molar refractivity (Wildman–Crippen MR) is 117 cm³/mol. The lowest BCUT2D eigenvalue weighted by Crippen LogP contribution is -2.45. The van der Waals surface area contributed by atoms with Crippen LogP contribution >= 0.6 is 0 Å². The second kappa shape index (κ2) is 8.03. The van der Waals surface area contributed by atoms with Gasteiger partial charge in [0.2, 0.25) is 11.8 Å². The number of ether oxygens (including phenoxy) is 1. The SMILES string of the molecule is COc1ccc(S(=O)(=O)N2C(=O)CC[C@@H]2C(=O)Nc2cccc3ccccc23)cc1C. The zero-order valence-electron chi connectivity index (χ0n) is 17.2. The Bertz CT molecular complexity index is 1280. The van der Waals surface area contributed by atoms with Crippen LogP contribution in [0.2, 0.25) is 0 Å². The first kappa shape index (κ1) is 20.9. The minimum Gasteiger partial charge on any atom is -0.496 e. The molecule has 160 valence electrons. The van der Waals surface area contributed by atoms with Crippen molar-refractivity contribution in [2.45, 2.75) is 30.7 Å². The molecule has 0 spiro atoms. The van der Waals surface area contributed by atoms with Gasteiger partial charge in [0.15, 0.2) is 0 Å². The molecule has 1 atom stereocenters. The van der Waals surface area contributed by atoms with E-state index in [-0.39, 0.29) is 17.7 Å². The van der Waals surface area contributed by atoms with Crippen LogP contribution in [0.3, 0.4) is 0 Å². The van der Waals surface area contributed by atoms with E-state index in [0.717, 1.165) is 10.8 Å². The molecular formula is C23H22N2O5S. The van der Waals surface area contributed by atoms with E-state index in [1.807, 2.05) is 36.4 Å². The summed E-state index contributed by atoms with van der Waals surface area (Å²) in [5.41, 5.74) is 1.19. The average molecular weight is 439 g/mol. The molecular weight excluding hydrogens is 416 g/mol.